The smallest absolute Gasteiger partial charge is 0.0794 e. The van der Waals surface area contributed by atoms with Crippen LogP contribution < -0.4 is 5.32 Å². The molecule has 1 aromatic heterocycles. The second kappa shape index (κ2) is 6.96. The van der Waals surface area contributed by atoms with Crippen molar-refractivity contribution in [2.45, 2.75) is 45.6 Å². The summed E-state index contributed by atoms with van der Waals surface area (Å²) in [6, 6.07) is 0.687. The predicted octanol–water partition coefficient (Wildman–Crippen LogP) is 2.85. The number of rotatable bonds is 7. The van der Waals surface area contributed by atoms with Crippen LogP contribution in [0.2, 0.25) is 0 Å². The van der Waals surface area contributed by atoms with Gasteiger partial charge in [-0.05, 0) is 25.8 Å². The molecule has 0 fully saturated rings. The lowest BCUT2D eigenvalue weighted by molar-refractivity contribution is 0.461. The minimum atomic E-state index is 0.687. The minimum Gasteiger partial charge on any atom is -0.314 e. The highest BCUT2D eigenvalue weighted by atomic mass is 32.1. The molecule has 1 heterocycles. The first kappa shape index (κ1) is 11.7. The molecule has 0 radical (unpaired) electrons. The number of aromatic nitrogens is 1. The average Bonchev–Trinajstić information content (AvgIpc) is 2.67. The van der Waals surface area contributed by atoms with Crippen molar-refractivity contribution in [3.63, 3.8) is 0 Å². The Morgan fingerprint density at radius 1 is 1.43 bits per heavy atom. The summed E-state index contributed by atoms with van der Waals surface area (Å²) in [5.74, 6) is 0. The van der Waals surface area contributed by atoms with Crippen LogP contribution in [0.4, 0.5) is 0 Å². The molecule has 0 saturated carbocycles. The van der Waals surface area contributed by atoms with Gasteiger partial charge in [0.1, 0.15) is 0 Å². The van der Waals surface area contributed by atoms with E-state index in [1.54, 1.807) is 11.3 Å². The van der Waals surface area contributed by atoms with Crippen LogP contribution >= 0.6 is 11.3 Å². The Bertz CT molecular complexity index is 215. The van der Waals surface area contributed by atoms with E-state index in [1.165, 1.54) is 30.6 Å². The van der Waals surface area contributed by atoms with Gasteiger partial charge >= 0.3 is 0 Å². The maximum atomic E-state index is 4.09. The fourth-order valence-electron chi connectivity index (χ4n) is 1.67. The van der Waals surface area contributed by atoms with Gasteiger partial charge in [0, 0.05) is 17.1 Å². The fourth-order valence-corrected chi connectivity index (χ4v) is 2.28. The summed E-state index contributed by atoms with van der Waals surface area (Å²) in [6.07, 6.45) is 6.94. The lowest BCUT2D eigenvalue weighted by Crippen LogP contribution is -2.29. The maximum absolute atomic E-state index is 4.09. The Balaban J connectivity index is 2.25. The van der Waals surface area contributed by atoms with Crippen molar-refractivity contribution in [2.24, 2.45) is 0 Å². The molecule has 1 unspecified atom stereocenters. The van der Waals surface area contributed by atoms with E-state index in [4.69, 9.17) is 0 Å². The Labute approximate surface area is 90.8 Å². The highest BCUT2D eigenvalue weighted by Crippen LogP contribution is 2.11. The van der Waals surface area contributed by atoms with Crippen LogP contribution in [-0.4, -0.2) is 17.6 Å². The van der Waals surface area contributed by atoms with Gasteiger partial charge in [-0.25, -0.2) is 0 Å². The van der Waals surface area contributed by atoms with Crippen LogP contribution in [0.25, 0.3) is 0 Å². The second-order valence-corrected chi connectivity index (χ2v) is 4.52. The molecule has 0 spiro atoms. The topological polar surface area (TPSA) is 24.9 Å². The van der Waals surface area contributed by atoms with Crippen molar-refractivity contribution in [3.05, 3.63) is 16.6 Å². The largest absolute Gasteiger partial charge is 0.314 e. The van der Waals surface area contributed by atoms with Crippen LogP contribution in [0.1, 0.15) is 38.0 Å². The number of thiazole rings is 1. The quantitative estimate of drug-likeness (QED) is 0.752. The first-order valence-corrected chi connectivity index (χ1v) is 6.35. The summed E-state index contributed by atoms with van der Waals surface area (Å²) in [5.41, 5.74) is 1.91. The number of nitrogens with one attached hydrogen (secondary N) is 1. The molecule has 0 aliphatic carbocycles. The van der Waals surface area contributed by atoms with E-state index >= 15 is 0 Å². The van der Waals surface area contributed by atoms with Crippen molar-refractivity contribution in [3.8, 4) is 0 Å². The normalized spacial score (nSPS) is 13.0. The van der Waals surface area contributed by atoms with Crippen LogP contribution in [0.3, 0.4) is 0 Å². The molecular formula is C11H20N2S. The number of nitrogens with zero attached hydrogens (tertiary/aromatic N) is 1. The zero-order valence-corrected chi connectivity index (χ0v) is 9.94. The van der Waals surface area contributed by atoms with Gasteiger partial charge in [0.25, 0.3) is 0 Å². The molecule has 1 atom stereocenters. The molecule has 1 aromatic rings. The summed E-state index contributed by atoms with van der Waals surface area (Å²) < 4.78 is 0. The molecule has 0 saturated heterocycles. The van der Waals surface area contributed by atoms with Crippen LogP contribution in [0, 0.1) is 0 Å². The first-order chi connectivity index (χ1) is 6.86. The lowest BCUT2D eigenvalue weighted by atomic mass is 10.1. The van der Waals surface area contributed by atoms with Gasteiger partial charge < -0.3 is 5.32 Å². The number of aryl methyl sites for hydroxylation is 1. The lowest BCUT2D eigenvalue weighted by Gasteiger charge is -2.16. The van der Waals surface area contributed by atoms with Gasteiger partial charge in [0.2, 0.25) is 0 Å². The van der Waals surface area contributed by atoms with Gasteiger partial charge in [-0.1, -0.05) is 20.3 Å². The maximum Gasteiger partial charge on any atom is 0.0794 e. The number of hydrogen-bond acceptors (Lipinski definition) is 3. The van der Waals surface area contributed by atoms with E-state index in [0.717, 1.165) is 6.54 Å². The van der Waals surface area contributed by atoms with E-state index in [2.05, 4.69) is 24.1 Å². The Kier molecular flexibility index (Phi) is 5.80. The first-order valence-electron chi connectivity index (χ1n) is 5.47. The third-order valence-electron chi connectivity index (χ3n) is 2.35. The van der Waals surface area contributed by atoms with Gasteiger partial charge in [-0.2, -0.15) is 0 Å². The van der Waals surface area contributed by atoms with E-state index in [0.29, 0.717) is 6.04 Å². The average molecular weight is 212 g/mol. The third-order valence-corrected chi connectivity index (χ3v) is 3.19. The molecule has 0 amide bonds. The minimum absolute atomic E-state index is 0.687. The van der Waals surface area contributed by atoms with E-state index in [9.17, 15) is 0 Å². The van der Waals surface area contributed by atoms with Crippen molar-refractivity contribution in [1.29, 1.82) is 0 Å². The monoisotopic (exact) mass is 212 g/mol. The molecule has 1 rings (SSSR count). The fraction of sp³-hybridized carbons (Fsp3) is 0.727. The molecule has 0 aliphatic heterocycles. The SMILES string of the molecule is CCCC(CCc1cncs1)NCC. The standard InChI is InChI=1S/C11H20N2S/c1-3-5-10(13-4-2)6-7-11-8-12-9-14-11/h8-10,13H,3-7H2,1-2H3. The molecule has 0 aliphatic rings. The van der Waals surface area contributed by atoms with Gasteiger partial charge in [0.15, 0.2) is 0 Å². The van der Waals surface area contributed by atoms with Crippen molar-refractivity contribution >= 4 is 11.3 Å². The molecule has 0 bridgehead atoms. The highest BCUT2D eigenvalue weighted by Gasteiger charge is 2.06. The van der Waals surface area contributed by atoms with Crippen LogP contribution in [0.5, 0.6) is 0 Å². The molecule has 2 nitrogen and oxygen atoms in total. The van der Waals surface area contributed by atoms with E-state index in [1.807, 2.05) is 11.7 Å². The van der Waals surface area contributed by atoms with Crippen LogP contribution in [0.15, 0.2) is 11.7 Å². The van der Waals surface area contributed by atoms with Crippen molar-refractivity contribution in [1.82, 2.24) is 10.3 Å². The Morgan fingerprint density at radius 3 is 2.86 bits per heavy atom. The van der Waals surface area contributed by atoms with Gasteiger partial charge in [0.05, 0.1) is 5.51 Å². The van der Waals surface area contributed by atoms with Gasteiger partial charge in [-0.3, -0.25) is 4.98 Å². The Morgan fingerprint density at radius 2 is 2.29 bits per heavy atom. The molecule has 1 N–H and O–H groups in total. The van der Waals surface area contributed by atoms with E-state index < -0.39 is 0 Å². The summed E-state index contributed by atoms with van der Waals surface area (Å²) >= 11 is 1.76. The molecule has 3 heteroatoms. The zero-order chi connectivity index (χ0) is 10.2. The second-order valence-electron chi connectivity index (χ2n) is 3.55. The molecule has 0 aromatic carbocycles. The molecular weight excluding hydrogens is 192 g/mol. The van der Waals surface area contributed by atoms with Crippen molar-refractivity contribution in [2.75, 3.05) is 6.54 Å². The summed E-state index contributed by atoms with van der Waals surface area (Å²) in [5, 5.41) is 3.53. The van der Waals surface area contributed by atoms with Crippen molar-refractivity contribution < 1.29 is 0 Å². The predicted molar refractivity (Wildman–Crippen MR) is 62.8 cm³/mol. The van der Waals surface area contributed by atoms with Gasteiger partial charge in [-0.15, -0.1) is 11.3 Å². The number of hydrogen-bond donors (Lipinski definition) is 1. The Hall–Kier alpha value is -0.410. The molecule has 80 valence electrons. The van der Waals surface area contributed by atoms with Crippen LogP contribution in [-0.2, 0) is 6.42 Å². The zero-order valence-electron chi connectivity index (χ0n) is 9.12. The summed E-state index contributed by atoms with van der Waals surface area (Å²) in [4.78, 5) is 5.50. The summed E-state index contributed by atoms with van der Waals surface area (Å²) in [7, 11) is 0. The third kappa shape index (κ3) is 4.20. The molecule has 14 heavy (non-hydrogen) atoms. The summed E-state index contributed by atoms with van der Waals surface area (Å²) in [6.45, 7) is 5.50. The van der Waals surface area contributed by atoms with E-state index in [-0.39, 0.29) is 0 Å². The highest BCUT2D eigenvalue weighted by molar-refractivity contribution is 7.09.